The van der Waals surface area contributed by atoms with E-state index in [0.29, 0.717) is 6.61 Å². The largest absolute Gasteiger partial charge is 0.489 e. The second-order valence-corrected chi connectivity index (χ2v) is 6.74. The molecule has 0 saturated heterocycles. The maximum absolute atomic E-state index is 11.8. The average molecular weight is 327 g/mol. The first-order valence-electron chi connectivity index (χ1n) is 8.07. The monoisotopic (exact) mass is 327 g/mol. The Morgan fingerprint density at radius 2 is 1.67 bits per heavy atom. The van der Waals surface area contributed by atoms with E-state index in [2.05, 4.69) is 0 Å². The molecule has 0 radical (unpaired) electrons. The van der Waals surface area contributed by atoms with Crippen molar-refractivity contribution < 1.29 is 14.3 Å². The summed E-state index contributed by atoms with van der Waals surface area (Å²) in [6.07, 6.45) is 0.154. The first kappa shape index (κ1) is 18.0. The molecule has 0 amide bonds. The Kier molecular flexibility index (Phi) is 5.99. The summed E-state index contributed by atoms with van der Waals surface area (Å²) in [5, 5.41) is 0. The normalized spacial score (nSPS) is 12.5. The molecule has 0 aliphatic rings. The third-order valence-corrected chi connectivity index (χ3v) is 3.36. The molecule has 0 aromatic heterocycles. The number of hydrogen-bond acceptors (Lipinski definition) is 4. The lowest BCUT2D eigenvalue weighted by molar-refractivity contribution is -0.155. The van der Waals surface area contributed by atoms with Crippen LogP contribution in [0.25, 0.3) is 0 Å². The summed E-state index contributed by atoms with van der Waals surface area (Å²) in [6.45, 7) is 6.05. The summed E-state index contributed by atoms with van der Waals surface area (Å²) in [4.78, 5) is 11.8. The van der Waals surface area contributed by atoms with Gasteiger partial charge in [-0.05, 0) is 44.0 Å². The number of carbonyl (C=O) groups excluding carboxylic acids is 1. The summed E-state index contributed by atoms with van der Waals surface area (Å²) >= 11 is 0. The molecule has 4 nitrogen and oxygen atoms in total. The van der Waals surface area contributed by atoms with Crippen molar-refractivity contribution in [1.82, 2.24) is 0 Å². The highest BCUT2D eigenvalue weighted by Gasteiger charge is 2.19. The van der Waals surface area contributed by atoms with Crippen LogP contribution in [-0.4, -0.2) is 11.6 Å². The van der Waals surface area contributed by atoms with Gasteiger partial charge >= 0.3 is 5.97 Å². The van der Waals surface area contributed by atoms with Crippen molar-refractivity contribution in [3.05, 3.63) is 65.7 Å². The highest BCUT2D eigenvalue weighted by molar-refractivity contribution is 5.71. The number of carbonyl (C=O) groups is 1. The van der Waals surface area contributed by atoms with Gasteiger partial charge < -0.3 is 15.2 Å². The zero-order valence-electron chi connectivity index (χ0n) is 14.5. The molecule has 2 rings (SSSR count). The van der Waals surface area contributed by atoms with Crippen molar-refractivity contribution in [2.24, 2.45) is 5.73 Å². The number of nitrogens with two attached hydrogens (primary N) is 1. The number of esters is 1. The van der Waals surface area contributed by atoms with Crippen LogP contribution in [0.15, 0.2) is 54.6 Å². The molecular weight excluding hydrogens is 302 g/mol. The molecule has 0 aliphatic heterocycles. The molecule has 1 atom stereocenters. The van der Waals surface area contributed by atoms with E-state index in [-0.39, 0.29) is 18.4 Å². The molecule has 2 N–H and O–H groups in total. The van der Waals surface area contributed by atoms with E-state index in [4.69, 9.17) is 15.2 Å². The molecule has 4 heteroatoms. The molecule has 0 fully saturated rings. The summed E-state index contributed by atoms with van der Waals surface area (Å²) in [6, 6.07) is 17.1. The number of hydrogen-bond donors (Lipinski definition) is 1. The van der Waals surface area contributed by atoms with Crippen LogP contribution in [0.3, 0.4) is 0 Å². The number of benzene rings is 2. The van der Waals surface area contributed by atoms with Crippen LogP contribution in [0, 0.1) is 0 Å². The fourth-order valence-corrected chi connectivity index (χ4v) is 2.23. The number of ether oxygens (including phenoxy) is 2. The molecule has 0 heterocycles. The smallest absolute Gasteiger partial charge is 0.308 e. The second kappa shape index (κ2) is 7.97. The van der Waals surface area contributed by atoms with Gasteiger partial charge in [-0.25, -0.2) is 0 Å². The van der Waals surface area contributed by atoms with Gasteiger partial charge in [0, 0.05) is 6.04 Å². The van der Waals surface area contributed by atoms with Crippen molar-refractivity contribution in [1.29, 1.82) is 0 Å². The van der Waals surface area contributed by atoms with Gasteiger partial charge in [0.1, 0.15) is 18.0 Å². The Hall–Kier alpha value is -2.33. The van der Waals surface area contributed by atoms with Crippen LogP contribution in [-0.2, 0) is 16.1 Å². The minimum Gasteiger partial charge on any atom is -0.489 e. The summed E-state index contributed by atoms with van der Waals surface area (Å²) in [7, 11) is 0. The first-order valence-corrected chi connectivity index (χ1v) is 8.07. The fourth-order valence-electron chi connectivity index (χ4n) is 2.23. The summed E-state index contributed by atoms with van der Waals surface area (Å²) < 4.78 is 11.0. The predicted molar refractivity (Wildman–Crippen MR) is 94.6 cm³/mol. The maximum Gasteiger partial charge on any atom is 0.308 e. The SMILES string of the molecule is CC(C)(C)OC(=O)CC(N)c1ccc(OCc2ccccc2)cc1. The van der Waals surface area contributed by atoms with Crippen LogP contribution in [0.4, 0.5) is 0 Å². The maximum atomic E-state index is 11.8. The minimum atomic E-state index is -0.494. The highest BCUT2D eigenvalue weighted by Crippen LogP contribution is 2.21. The van der Waals surface area contributed by atoms with Crippen LogP contribution in [0.1, 0.15) is 44.4 Å². The van der Waals surface area contributed by atoms with Crippen molar-refractivity contribution >= 4 is 5.97 Å². The first-order chi connectivity index (χ1) is 11.3. The van der Waals surface area contributed by atoms with E-state index in [9.17, 15) is 4.79 Å². The Morgan fingerprint density at radius 3 is 2.25 bits per heavy atom. The quantitative estimate of drug-likeness (QED) is 0.815. The van der Waals surface area contributed by atoms with E-state index in [1.807, 2.05) is 75.4 Å². The van der Waals surface area contributed by atoms with Gasteiger partial charge in [-0.1, -0.05) is 42.5 Å². The Morgan fingerprint density at radius 1 is 1.04 bits per heavy atom. The van der Waals surface area contributed by atoms with E-state index < -0.39 is 5.60 Å². The van der Waals surface area contributed by atoms with Gasteiger partial charge in [0.2, 0.25) is 0 Å². The molecule has 2 aromatic carbocycles. The van der Waals surface area contributed by atoms with Gasteiger partial charge in [-0.15, -0.1) is 0 Å². The molecule has 1 unspecified atom stereocenters. The van der Waals surface area contributed by atoms with Gasteiger partial charge in [0.25, 0.3) is 0 Å². The van der Waals surface area contributed by atoms with Crippen LogP contribution in [0.5, 0.6) is 5.75 Å². The third kappa shape index (κ3) is 6.05. The molecule has 128 valence electrons. The molecule has 24 heavy (non-hydrogen) atoms. The van der Waals surface area contributed by atoms with Gasteiger partial charge in [-0.2, -0.15) is 0 Å². The number of rotatable bonds is 6. The topological polar surface area (TPSA) is 61.5 Å². The fraction of sp³-hybridized carbons (Fsp3) is 0.350. The van der Waals surface area contributed by atoms with E-state index in [1.165, 1.54) is 0 Å². The highest BCUT2D eigenvalue weighted by atomic mass is 16.6. The van der Waals surface area contributed by atoms with Gasteiger partial charge in [0.05, 0.1) is 6.42 Å². The van der Waals surface area contributed by atoms with Crippen molar-refractivity contribution in [2.75, 3.05) is 0 Å². The average Bonchev–Trinajstić information content (AvgIpc) is 2.52. The predicted octanol–water partition coefficient (Wildman–Crippen LogP) is 4.00. The molecular formula is C20H25NO3. The standard InChI is InChI=1S/C20H25NO3/c1-20(2,3)24-19(22)13-18(21)16-9-11-17(12-10-16)23-14-15-7-5-4-6-8-15/h4-12,18H,13-14,21H2,1-3H3. The minimum absolute atomic E-state index is 0.154. The zero-order valence-corrected chi connectivity index (χ0v) is 14.5. The van der Waals surface area contributed by atoms with Crippen LogP contribution in [0.2, 0.25) is 0 Å². The molecule has 2 aromatic rings. The molecule has 0 aliphatic carbocycles. The molecule has 0 bridgehead atoms. The lowest BCUT2D eigenvalue weighted by atomic mass is 10.0. The second-order valence-electron chi connectivity index (χ2n) is 6.74. The van der Waals surface area contributed by atoms with Crippen molar-refractivity contribution in [3.63, 3.8) is 0 Å². The van der Waals surface area contributed by atoms with Crippen LogP contribution < -0.4 is 10.5 Å². The van der Waals surface area contributed by atoms with E-state index in [1.54, 1.807) is 0 Å². The Bertz CT molecular complexity index is 645. The van der Waals surface area contributed by atoms with Crippen molar-refractivity contribution in [3.8, 4) is 5.75 Å². The van der Waals surface area contributed by atoms with E-state index in [0.717, 1.165) is 16.9 Å². The summed E-state index contributed by atoms with van der Waals surface area (Å²) in [5.41, 5.74) is 7.59. The summed E-state index contributed by atoms with van der Waals surface area (Å²) in [5.74, 6) is 0.478. The lowest BCUT2D eigenvalue weighted by Gasteiger charge is -2.21. The van der Waals surface area contributed by atoms with Crippen molar-refractivity contribution in [2.45, 2.75) is 45.4 Å². The zero-order chi connectivity index (χ0) is 17.6. The lowest BCUT2D eigenvalue weighted by Crippen LogP contribution is -2.26. The molecule has 0 spiro atoms. The van der Waals surface area contributed by atoms with Gasteiger partial charge in [0.15, 0.2) is 0 Å². The Labute approximate surface area is 143 Å². The third-order valence-electron chi connectivity index (χ3n) is 3.36. The van der Waals surface area contributed by atoms with Crippen LogP contribution >= 0.6 is 0 Å². The molecule has 0 saturated carbocycles. The van der Waals surface area contributed by atoms with E-state index >= 15 is 0 Å². The Balaban J connectivity index is 1.88. The van der Waals surface area contributed by atoms with Gasteiger partial charge in [-0.3, -0.25) is 4.79 Å².